The van der Waals surface area contributed by atoms with E-state index in [4.69, 9.17) is 4.74 Å². The van der Waals surface area contributed by atoms with Crippen molar-refractivity contribution in [3.8, 4) is 0 Å². The molecular formula is C72H139NO5. The number of carbonyl (C=O) groups excluding carboxylic acids is 2. The number of esters is 1. The van der Waals surface area contributed by atoms with Crippen molar-refractivity contribution in [3.05, 3.63) is 24.3 Å². The SMILES string of the molecule is CCCCCCCCCCCCCCCCCCCCC(O)C(CO)NC(=O)CCCCCCCCCCCCCCCCC/C=C\C/C=C\CCCCCCCCCCCOC(=O)CCCCCCCCCCCCCC. The van der Waals surface area contributed by atoms with Crippen molar-refractivity contribution in [2.75, 3.05) is 13.2 Å². The molecule has 2 unspecified atom stereocenters. The molecule has 0 radical (unpaired) electrons. The van der Waals surface area contributed by atoms with E-state index in [0.29, 0.717) is 25.9 Å². The van der Waals surface area contributed by atoms with Gasteiger partial charge in [0.25, 0.3) is 0 Å². The molecule has 6 nitrogen and oxygen atoms in total. The van der Waals surface area contributed by atoms with Crippen LogP contribution < -0.4 is 5.32 Å². The largest absolute Gasteiger partial charge is 0.466 e. The zero-order valence-electron chi connectivity index (χ0n) is 52.9. The van der Waals surface area contributed by atoms with Gasteiger partial charge in [0.15, 0.2) is 0 Å². The summed E-state index contributed by atoms with van der Waals surface area (Å²) in [7, 11) is 0. The highest BCUT2D eigenvalue weighted by Crippen LogP contribution is 2.19. The molecule has 2 atom stereocenters. The number of unbranched alkanes of at least 4 members (excludes halogenated alkanes) is 52. The first-order chi connectivity index (χ1) is 38.5. The van der Waals surface area contributed by atoms with Gasteiger partial charge in [0.2, 0.25) is 5.91 Å². The van der Waals surface area contributed by atoms with Crippen molar-refractivity contribution in [1.29, 1.82) is 0 Å². The Morgan fingerprint density at radius 2 is 0.641 bits per heavy atom. The van der Waals surface area contributed by atoms with Crippen LogP contribution in [0.5, 0.6) is 0 Å². The van der Waals surface area contributed by atoms with Crippen LogP contribution in [-0.2, 0) is 14.3 Å². The minimum absolute atomic E-state index is 0.0145. The van der Waals surface area contributed by atoms with Gasteiger partial charge >= 0.3 is 5.97 Å². The van der Waals surface area contributed by atoms with Crippen LogP contribution in [0, 0.1) is 0 Å². The van der Waals surface area contributed by atoms with E-state index in [9.17, 15) is 19.8 Å². The molecule has 0 aromatic rings. The molecule has 0 aliphatic rings. The van der Waals surface area contributed by atoms with Crippen LogP contribution in [0.2, 0.25) is 0 Å². The molecule has 6 heteroatoms. The van der Waals surface area contributed by atoms with Gasteiger partial charge in [0.05, 0.1) is 25.4 Å². The second kappa shape index (κ2) is 67.8. The third-order valence-corrected chi connectivity index (χ3v) is 16.8. The summed E-state index contributed by atoms with van der Waals surface area (Å²) < 4.78 is 5.48. The summed E-state index contributed by atoms with van der Waals surface area (Å²) in [6.45, 7) is 4.99. The average Bonchev–Trinajstić information content (AvgIpc) is 3.44. The number of carbonyl (C=O) groups is 2. The fraction of sp³-hybridized carbons (Fsp3) is 0.917. The monoisotopic (exact) mass is 1100 g/mol. The lowest BCUT2D eigenvalue weighted by molar-refractivity contribution is -0.143. The number of aliphatic hydroxyl groups is 2. The molecule has 0 aromatic heterocycles. The number of ether oxygens (including phenoxy) is 1. The number of aliphatic hydroxyl groups excluding tert-OH is 2. The van der Waals surface area contributed by atoms with Gasteiger partial charge in [-0.05, 0) is 57.8 Å². The van der Waals surface area contributed by atoms with Crippen LogP contribution >= 0.6 is 0 Å². The highest BCUT2D eigenvalue weighted by molar-refractivity contribution is 5.76. The predicted molar refractivity (Wildman–Crippen MR) is 343 cm³/mol. The number of hydrogen-bond acceptors (Lipinski definition) is 5. The molecule has 0 saturated heterocycles. The standard InChI is InChI=1S/C72H139NO5/c1-3-5-7-9-11-13-15-17-18-19-35-38-41-44-48-52-56-60-64-70(75)69(68-74)73-71(76)65-61-57-53-49-45-42-39-36-33-31-29-27-25-23-21-20-22-24-26-28-30-32-34-37-40-43-47-51-55-59-63-67-78-72(77)66-62-58-54-50-46-16-14-12-10-8-6-4-2/h22,24,28,30,69-70,74-75H,3-21,23,25-27,29,31-68H2,1-2H3,(H,73,76)/b24-22-,30-28-. The number of amides is 1. The van der Waals surface area contributed by atoms with E-state index in [1.165, 1.54) is 321 Å². The van der Waals surface area contributed by atoms with Crippen LogP contribution in [0.1, 0.15) is 399 Å². The summed E-state index contributed by atoms with van der Waals surface area (Å²) in [6, 6.07) is -0.541. The van der Waals surface area contributed by atoms with E-state index in [0.717, 1.165) is 44.9 Å². The molecular weight excluding hydrogens is 959 g/mol. The first-order valence-electron chi connectivity index (χ1n) is 35.6. The van der Waals surface area contributed by atoms with Gasteiger partial charge in [-0.1, -0.05) is 353 Å². The Morgan fingerprint density at radius 1 is 0.359 bits per heavy atom. The molecule has 0 aromatic carbocycles. The number of allylic oxidation sites excluding steroid dienone is 4. The summed E-state index contributed by atoms with van der Waals surface area (Å²) in [4.78, 5) is 24.6. The van der Waals surface area contributed by atoms with Crippen molar-refractivity contribution >= 4 is 11.9 Å². The minimum Gasteiger partial charge on any atom is -0.466 e. The van der Waals surface area contributed by atoms with E-state index in [2.05, 4.69) is 43.5 Å². The van der Waals surface area contributed by atoms with Crippen LogP contribution in [0.15, 0.2) is 24.3 Å². The van der Waals surface area contributed by atoms with Gasteiger partial charge < -0.3 is 20.3 Å². The fourth-order valence-electron chi connectivity index (χ4n) is 11.3. The van der Waals surface area contributed by atoms with E-state index >= 15 is 0 Å². The summed E-state index contributed by atoms with van der Waals surface area (Å²) in [6.07, 6.45) is 85.2. The molecule has 0 aliphatic heterocycles. The quantitative estimate of drug-likeness (QED) is 0.0320. The second-order valence-electron chi connectivity index (χ2n) is 24.6. The zero-order valence-corrected chi connectivity index (χ0v) is 52.9. The minimum atomic E-state index is -0.664. The highest BCUT2D eigenvalue weighted by atomic mass is 16.5. The maximum absolute atomic E-state index is 12.5. The topological polar surface area (TPSA) is 95.9 Å². The summed E-state index contributed by atoms with van der Waals surface area (Å²) in [5.74, 6) is -0.0159. The molecule has 3 N–H and O–H groups in total. The van der Waals surface area contributed by atoms with E-state index in [-0.39, 0.29) is 18.5 Å². The smallest absolute Gasteiger partial charge is 0.305 e. The maximum atomic E-state index is 12.5. The third kappa shape index (κ3) is 63.5. The van der Waals surface area contributed by atoms with Gasteiger partial charge in [0.1, 0.15) is 0 Å². The Morgan fingerprint density at radius 3 is 0.974 bits per heavy atom. The molecule has 78 heavy (non-hydrogen) atoms. The summed E-state index contributed by atoms with van der Waals surface area (Å²) in [5, 5.41) is 23.4. The Bertz CT molecular complexity index is 1220. The van der Waals surface area contributed by atoms with E-state index < -0.39 is 12.1 Å². The van der Waals surface area contributed by atoms with Gasteiger partial charge in [-0.3, -0.25) is 9.59 Å². The molecule has 1 amide bonds. The first kappa shape index (κ1) is 76.3. The molecule has 0 saturated carbocycles. The Balaban J connectivity index is 3.39. The van der Waals surface area contributed by atoms with Crippen LogP contribution in [-0.4, -0.2) is 47.4 Å². The average molecular weight is 1100 g/mol. The second-order valence-corrected chi connectivity index (χ2v) is 24.6. The van der Waals surface area contributed by atoms with Gasteiger partial charge in [-0.25, -0.2) is 0 Å². The molecule has 0 rings (SSSR count). The highest BCUT2D eigenvalue weighted by Gasteiger charge is 2.20. The van der Waals surface area contributed by atoms with Crippen LogP contribution in [0.25, 0.3) is 0 Å². The van der Waals surface area contributed by atoms with Crippen molar-refractivity contribution in [1.82, 2.24) is 5.32 Å². The third-order valence-electron chi connectivity index (χ3n) is 16.8. The maximum Gasteiger partial charge on any atom is 0.305 e. The van der Waals surface area contributed by atoms with Crippen molar-refractivity contribution in [2.24, 2.45) is 0 Å². The number of nitrogens with one attached hydrogen (secondary N) is 1. The predicted octanol–water partition coefficient (Wildman–Crippen LogP) is 22.9. The number of hydrogen-bond donors (Lipinski definition) is 3. The van der Waals surface area contributed by atoms with Crippen molar-refractivity contribution in [3.63, 3.8) is 0 Å². The molecule has 0 fully saturated rings. The lowest BCUT2D eigenvalue weighted by atomic mass is 10.0. The van der Waals surface area contributed by atoms with Crippen LogP contribution in [0.3, 0.4) is 0 Å². The number of rotatable bonds is 67. The first-order valence-corrected chi connectivity index (χ1v) is 35.6. The van der Waals surface area contributed by atoms with Crippen LogP contribution in [0.4, 0.5) is 0 Å². The molecule has 0 aliphatic carbocycles. The van der Waals surface area contributed by atoms with Gasteiger partial charge in [0, 0.05) is 12.8 Å². The lowest BCUT2D eigenvalue weighted by Gasteiger charge is -2.22. The summed E-state index contributed by atoms with van der Waals surface area (Å²) >= 11 is 0. The molecule has 0 spiro atoms. The molecule has 0 bridgehead atoms. The normalized spacial score (nSPS) is 12.6. The fourth-order valence-corrected chi connectivity index (χ4v) is 11.3. The Kier molecular flexibility index (Phi) is 66.4. The molecule has 462 valence electrons. The van der Waals surface area contributed by atoms with Crippen molar-refractivity contribution in [2.45, 2.75) is 411 Å². The van der Waals surface area contributed by atoms with Gasteiger partial charge in [-0.15, -0.1) is 0 Å². The van der Waals surface area contributed by atoms with E-state index in [1.807, 2.05) is 0 Å². The Hall–Kier alpha value is -1.66. The van der Waals surface area contributed by atoms with Crippen molar-refractivity contribution < 1.29 is 24.5 Å². The van der Waals surface area contributed by atoms with Gasteiger partial charge in [-0.2, -0.15) is 0 Å². The summed E-state index contributed by atoms with van der Waals surface area (Å²) in [5.41, 5.74) is 0. The Labute approximate surface area is 488 Å². The zero-order chi connectivity index (χ0) is 56.4. The molecule has 0 heterocycles. The lowest BCUT2D eigenvalue weighted by Crippen LogP contribution is -2.45. The van der Waals surface area contributed by atoms with E-state index in [1.54, 1.807) is 0 Å².